The van der Waals surface area contributed by atoms with Gasteiger partial charge in [0.25, 0.3) is 0 Å². The number of carbonyl (C=O) groups is 3. The Morgan fingerprint density at radius 1 is 1.17 bits per heavy atom. The van der Waals surface area contributed by atoms with Crippen LogP contribution in [0.1, 0.15) is 43.8 Å². The Morgan fingerprint density at radius 3 is 2.38 bits per heavy atom. The maximum atomic E-state index is 12.4. The molecule has 6 nitrogen and oxygen atoms in total. The third-order valence-corrected chi connectivity index (χ3v) is 3.78. The van der Waals surface area contributed by atoms with Gasteiger partial charge in [-0.25, -0.2) is 9.59 Å². The molecule has 0 heterocycles. The molecule has 1 unspecified atom stereocenters. The van der Waals surface area contributed by atoms with Gasteiger partial charge in [0.1, 0.15) is 6.10 Å². The standard InChI is InChI=1S/C18H20O6/c1-12(11-15(19)20)17(21)24-16(13-7-3-2-4-8-13)18(22)23-14-9-5-6-10-14/h2-4,7-8,14,16H,1,5-6,9-11H2,(H,19,20). The molecule has 2 rings (SSSR count). The number of carbonyl (C=O) groups excluding carboxylic acids is 2. The molecule has 1 atom stereocenters. The van der Waals surface area contributed by atoms with E-state index in [-0.39, 0.29) is 11.7 Å². The number of aliphatic carboxylic acids is 1. The molecule has 1 saturated carbocycles. The van der Waals surface area contributed by atoms with Crippen molar-refractivity contribution in [1.82, 2.24) is 0 Å². The van der Waals surface area contributed by atoms with Crippen molar-refractivity contribution in [3.63, 3.8) is 0 Å². The van der Waals surface area contributed by atoms with E-state index in [1.807, 2.05) is 0 Å². The molecule has 0 amide bonds. The zero-order valence-corrected chi connectivity index (χ0v) is 13.3. The predicted octanol–water partition coefficient (Wildman–Crippen LogP) is 2.79. The van der Waals surface area contributed by atoms with Crippen molar-refractivity contribution in [2.45, 2.75) is 44.3 Å². The summed E-state index contributed by atoms with van der Waals surface area (Å²) in [6, 6.07) is 8.49. The molecular formula is C18H20O6. The van der Waals surface area contributed by atoms with Crippen molar-refractivity contribution in [2.75, 3.05) is 0 Å². The van der Waals surface area contributed by atoms with Crippen molar-refractivity contribution < 1.29 is 29.0 Å². The van der Waals surface area contributed by atoms with Crippen LogP contribution >= 0.6 is 0 Å². The van der Waals surface area contributed by atoms with Gasteiger partial charge in [0.05, 0.1) is 6.42 Å². The van der Waals surface area contributed by atoms with Crippen molar-refractivity contribution >= 4 is 17.9 Å². The molecule has 1 aromatic rings. The first-order valence-electron chi connectivity index (χ1n) is 7.83. The summed E-state index contributed by atoms with van der Waals surface area (Å²) in [6.07, 6.45) is 1.67. The molecule has 1 aliphatic rings. The number of esters is 2. The molecule has 1 fully saturated rings. The van der Waals surface area contributed by atoms with Crippen LogP contribution in [0, 0.1) is 0 Å². The molecule has 0 aliphatic heterocycles. The van der Waals surface area contributed by atoms with Crippen LogP contribution in [0.3, 0.4) is 0 Å². The second kappa shape index (κ2) is 8.29. The van der Waals surface area contributed by atoms with Gasteiger partial charge in [-0.05, 0) is 25.7 Å². The van der Waals surface area contributed by atoms with Gasteiger partial charge >= 0.3 is 17.9 Å². The Balaban J connectivity index is 2.10. The first kappa shape index (κ1) is 17.7. The number of rotatable bonds is 7. The highest BCUT2D eigenvalue weighted by Gasteiger charge is 2.30. The van der Waals surface area contributed by atoms with E-state index in [2.05, 4.69) is 6.58 Å². The normalized spacial score (nSPS) is 15.5. The average molecular weight is 332 g/mol. The minimum absolute atomic E-state index is 0.162. The maximum Gasteiger partial charge on any atom is 0.352 e. The van der Waals surface area contributed by atoms with E-state index in [1.165, 1.54) is 0 Å². The van der Waals surface area contributed by atoms with Gasteiger partial charge in [-0.3, -0.25) is 4.79 Å². The van der Waals surface area contributed by atoms with Crippen molar-refractivity contribution in [3.8, 4) is 0 Å². The fourth-order valence-corrected chi connectivity index (χ4v) is 2.56. The van der Waals surface area contributed by atoms with Gasteiger partial charge in [0, 0.05) is 11.1 Å². The van der Waals surface area contributed by atoms with E-state index in [0.717, 1.165) is 25.7 Å². The monoisotopic (exact) mass is 332 g/mol. The maximum absolute atomic E-state index is 12.4. The van der Waals surface area contributed by atoms with Gasteiger partial charge in [-0.1, -0.05) is 36.9 Å². The number of hydrogen-bond donors (Lipinski definition) is 1. The van der Waals surface area contributed by atoms with Crippen LogP contribution in [0.5, 0.6) is 0 Å². The van der Waals surface area contributed by atoms with Gasteiger partial charge in [-0.15, -0.1) is 0 Å². The lowest BCUT2D eigenvalue weighted by Gasteiger charge is -2.20. The summed E-state index contributed by atoms with van der Waals surface area (Å²) in [5.41, 5.74) is 0.245. The van der Waals surface area contributed by atoms with Gasteiger partial charge < -0.3 is 14.6 Å². The van der Waals surface area contributed by atoms with Gasteiger partial charge in [-0.2, -0.15) is 0 Å². The number of ether oxygens (including phenoxy) is 2. The fourth-order valence-electron chi connectivity index (χ4n) is 2.56. The molecule has 0 aromatic heterocycles. The molecule has 1 aromatic carbocycles. The zero-order chi connectivity index (χ0) is 17.5. The number of carboxylic acid groups (broad SMARTS) is 1. The van der Waals surface area contributed by atoms with Crippen LogP contribution in [-0.2, 0) is 23.9 Å². The predicted molar refractivity (Wildman–Crippen MR) is 85.0 cm³/mol. The average Bonchev–Trinajstić information content (AvgIpc) is 3.05. The summed E-state index contributed by atoms with van der Waals surface area (Å²) in [6.45, 7) is 3.40. The lowest BCUT2D eigenvalue weighted by atomic mass is 10.1. The molecule has 0 saturated heterocycles. The molecule has 1 N–H and O–H groups in total. The summed E-state index contributed by atoms with van der Waals surface area (Å²) in [7, 11) is 0. The summed E-state index contributed by atoms with van der Waals surface area (Å²) >= 11 is 0. The van der Waals surface area contributed by atoms with Crippen LogP contribution in [-0.4, -0.2) is 29.1 Å². The number of benzene rings is 1. The molecule has 24 heavy (non-hydrogen) atoms. The summed E-state index contributed by atoms with van der Waals surface area (Å²) in [4.78, 5) is 35.1. The minimum Gasteiger partial charge on any atom is -0.481 e. The minimum atomic E-state index is -1.23. The van der Waals surface area contributed by atoms with Crippen LogP contribution in [0.25, 0.3) is 0 Å². The smallest absolute Gasteiger partial charge is 0.352 e. The highest BCUT2D eigenvalue weighted by molar-refractivity contribution is 5.94. The van der Waals surface area contributed by atoms with E-state index >= 15 is 0 Å². The molecule has 0 spiro atoms. The van der Waals surface area contributed by atoms with Crippen LogP contribution in [0.4, 0.5) is 0 Å². The van der Waals surface area contributed by atoms with Gasteiger partial charge in [0.15, 0.2) is 0 Å². The second-order valence-electron chi connectivity index (χ2n) is 5.71. The zero-order valence-electron chi connectivity index (χ0n) is 13.3. The van der Waals surface area contributed by atoms with Gasteiger partial charge in [0.2, 0.25) is 6.10 Å². The molecule has 0 bridgehead atoms. The third-order valence-electron chi connectivity index (χ3n) is 3.78. The van der Waals surface area contributed by atoms with E-state index in [9.17, 15) is 14.4 Å². The molecule has 6 heteroatoms. The van der Waals surface area contributed by atoms with E-state index in [1.54, 1.807) is 30.3 Å². The Bertz CT molecular complexity index is 616. The summed E-state index contributed by atoms with van der Waals surface area (Å²) < 4.78 is 10.6. The largest absolute Gasteiger partial charge is 0.481 e. The van der Waals surface area contributed by atoms with Crippen LogP contribution in [0.2, 0.25) is 0 Å². The number of hydrogen-bond acceptors (Lipinski definition) is 5. The van der Waals surface area contributed by atoms with Crippen LogP contribution < -0.4 is 0 Å². The molecule has 128 valence electrons. The fraction of sp³-hybridized carbons (Fsp3) is 0.389. The Morgan fingerprint density at radius 2 is 1.79 bits per heavy atom. The van der Waals surface area contributed by atoms with Crippen molar-refractivity contribution in [2.24, 2.45) is 0 Å². The highest BCUT2D eigenvalue weighted by Crippen LogP contribution is 2.26. The van der Waals surface area contributed by atoms with E-state index < -0.39 is 30.4 Å². The Kier molecular flexibility index (Phi) is 6.12. The van der Waals surface area contributed by atoms with Crippen molar-refractivity contribution in [3.05, 3.63) is 48.0 Å². The first-order valence-corrected chi connectivity index (χ1v) is 7.83. The highest BCUT2D eigenvalue weighted by atomic mass is 16.6. The molecule has 1 aliphatic carbocycles. The molecule has 0 radical (unpaired) electrons. The second-order valence-corrected chi connectivity index (χ2v) is 5.71. The van der Waals surface area contributed by atoms with Crippen molar-refractivity contribution in [1.29, 1.82) is 0 Å². The third kappa shape index (κ3) is 4.94. The Labute approximate surface area is 140 Å². The van der Waals surface area contributed by atoms with E-state index in [0.29, 0.717) is 5.56 Å². The summed E-state index contributed by atoms with van der Waals surface area (Å²) in [5, 5.41) is 8.72. The number of carboxylic acids is 1. The topological polar surface area (TPSA) is 89.9 Å². The van der Waals surface area contributed by atoms with Crippen LogP contribution in [0.15, 0.2) is 42.5 Å². The van der Waals surface area contributed by atoms with E-state index in [4.69, 9.17) is 14.6 Å². The molecular weight excluding hydrogens is 312 g/mol. The SMILES string of the molecule is C=C(CC(=O)O)C(=O)OC(C(=O)OC1CCCC1)c1ccccc1. The Hall–Kier alpha value is -2.63. The summed E-state index contributed by atoms with van der Waals surface area (Å²) in [5.74, 6) is -2.76. The lowest BCUT2D eigenvalue weighted by Crippen LogP contribution is -2.26. The lowest BCUT2D eigenvalue weighted by molar-refractivity contribution is -0.170. The first-order chi connectivity index (χ1) is 11.5. The quantitative estimate of drug-likeness (QED) is 0.610.